The molecule has 2 aromatic carbocycles. The Balaban J connectivity index is 2.60. The highest BCUT2D eigenvalue weighted by molar-refractivity contribution is 5.89. The fourth-order valence-corrected chi connectivity index (χ4v) is 2.54. The number of benzene rings is 2. The molecule has 0 fully saturated rings. The maximum atomic E-state index is 11.3. The lowest BCUT2D eigenvalue weighted by Crippen LogP contribution is -2.27. The molecule has 20 heavy (non-hydrogen) atoms. The molecule has 0 aliphatic carbocycles. The molecule has 1 unspecified atom stereocenters. The van der Waals surface area contributed by atoms with Gasteiger partial charge in [-0.3, -0.25) is 4.79 Å². The molecule has 1 amide bonds. The van der Waals surface area contributed by atoms with Gasteiger partial charge in [0.1, 0.15) is 5.75 Å². The van der Waals surface area contributed by atoms with E-state index in [0.717, 1.165) is 28.6 Å². The number of amides is 1. The summed E-state index contributed by atoms with van der Waals surface area (Å²) in [6.45, 7) is 2.76. The first-order chi connectivity index (χ1) is 9.67. The van der Waals surface area contributed by atoms with Crippen molar-refractivity contribution in [3.05, 3.63) is 42.0 Å². The number of rotatable bonds is 6. The lowest BCUT2D eigenvalue weighted by Gasteiger charge is -2.21. The van der Waals surface area contributed by atoms with Crippen molar-refractivity contribution in [1.82, 2.24) is 5.32 Å². The van der Waals surface area contributed by atoms with Crippen LogP contribution in [0, 0.1) is 0 Å². The van der Waals surface area contributed by atoms with Gasteiger partial charge in [-0.1, -0.05) is 37.3 Å². The summed E-state index contributed by atoms with van der Waals surface area (Å²) < 4.78 is 5.47. The molecule has 2 rings (SSSR count). The van der Waals surface area contributed by atoms with E-state index in [1.165, 1.54) is 0 Å². The van der Waals surface area contributed by atoms with Gasteiger partial charge < -0.3 is 15.8 Å². The largest absolute Gasteiger partial charge is 0.496 e. The highest BCUT2D eigenvalue weighted by Gasteiger charge is 2.20. The van der Waals surface area contributed by atoms with Gasteiger partial charge in [0.05, 0.1) is 7.11 Å². The third kappa shape index (κ3) is 2.91. The smallest absolute Gasteiger partial charge is 0.219 e. The van der Waals surface area contributed by atoms with Crippen LogP contribution in [-0.2, 0) is 4.79 Å². The van der Waals surface area contributed by atoms with E-state index in [9.17, 15) is 4.79 Å². The van der Waals surface area contributed by atoms with Gasteiger partial charge in [0, 0.05) is 18.0 Å². The molecule has 0 aliphatic heterocycles. The summed E-state index contributed by atoms with van der Waals surface area (Å²) in [6, 6.07) is 11.9. The van der Waals surface area contributed by atoms with Crippen LogP contribution in [0.2, 0.25) is 0 Å². The van der Waals surface area contributed by atoms with Gasteiger partial charge in [-0.05, 0) is 23.4 Å². The molecule has 3 N–H and O–H groups in total. The molecule has 0 radical (unpaired) electrons. The van der Waals surface area contributed by atoms with Crippen LogP contribution in [0.4, 0.5) is 0 Å². The molecule has 0 saturated heterocycles. The van der Waals surface area contributed by atoms with Crippen LogP contribution in [0.25, 0.3) is 10.8 Å². The van der Waals surface area contributed by atoms with Crippen molar-refractivity contribution in [2.45, 2.75) is 19.4 Å². The van der Waals surface area contributed by atoms with Crippen LogP contribution >= 0.6 is 0 Å². The first-order valence-electron chi connectivity index (χ1n) is 6.74. The van der Waals surface area contributed by atoms with E-state index in [1.807, 2.05) is 43.3 Å². The Labute approximate surface area is 118 Å². The van der Waals surface area contributed by atoms with Gasteiger partial charge in [-0.15, -0.1) is 0 Å². The summed E-state index contributed by atoms with van der Waals surface area (Å²) in [5.41, 5.74) is 6.37. The Morgan fingerprint density at radius 2 is 2.05 bits per heavy atom. The summed E-state index contributed by atoms with van der Waals surface area (Å²) in [5, 5.41) is 5.52. The number of methoxy groups -OCH3 is 1. The molecule has 1 atom stereocenters. The minimum Gasteiger partial charge on any atom is -0.496 e. The van der Waals surface area contributed by atoms with Gasteiger partial charge >= 0.3 is 0 Å². The fraction of sp³-hybridized carbons (Fsp3) is 0.312. The molecule has 0 saturated carbocycles. The molecule has 0 heterocycles. The molecular weight excluding hydrogens is 252 g/mol. The van der Waals surface area contributed by atoms with Crippen molar-refractivity contribution < 1.29 is 9.53 Å². The Bertz CT molecular complexity index is 610. The van der Waals surface area contributed by atoms with E-state index >= 15 is 0 Å². The van der Waals surface area contributed by atoms with Gasteiger partial charge in [-0.2, -0.15) is 0 Å². The number of hydrogen-bond acceptors (Lipinski definition) is 3. The molecule has 0 aliphatic rings. The Morgan fingerprint density at radius 1 is 1.30 bits per heavy atom. The average Bonchev–Trinajstić information content (AvgIpc) is 2.45. The van der Waals surface area contributed by atoms with E-state index in [-0.39, 0.29) is 18.4 Å². The SMILES string of the molecule is CCNC(CC(N)=O)c1c(OC)ccc2ccccc12. The van der Waals surface area contributed by atoms with Crippen LogP contribution in [0.15, 0.2) is 36.4 Å². The van der Waals surface area contributed by atoms with Gasteiger partial charge in [0.2, 0.25) is 5.91 Å². The zero-order valence-electron chi connectivity index (χ0n) is 11.8. The molecular formula is C16H20N2O2. The fourth-order valence-electron chi connectivity index (χ4n) is 2.54. The summed E-state index contributed by atoms with van der Waals surface area (Å²) in [7, 11) is 1.64. The summed E-state index contributed by atoms with van der Waals surface area (Å²) in [4.78, 5) is 11.3. The minimum absolute atomic E-state index is 0.140. The third-order valence-corrected chi connectivity index (χ3v) is 3.35. The third-order valence-electron chi connectivity index (χ3n) is 3.35. The monoisotopic (exact) mass is 272 g/mol. The number of ether oxygens (including phenoxy) is 1. The highest BCUT2D eigenvalue weighted by atomic mass is 16.5. The lowest BCUT2D eigenvalue weighted by molar-refractivity contribution is -0.118. The van der Waals surface area contributed by atoms with Crippen LogP contribution in [0.5, 0.6) is 5.75 Å². The number of primary amides is 1. The summed E-state index contributed by atoms with van der Waals surface area (Å²) in [6.07, 6.45) is 0.248. The second-order valence-electron chi connectivity index (χ2n) is 4.68. The standard InChI is InChI=1S/C16H20N2O2/c1-3-18-13(10-15(17)19)16-12-7-5-4-6-11(12)8-9-14(16)20-2/h4-9,13,18H,3,10H2,1-2H3,(H2,17,19). The maximum Gasteiger partial charge on any atom is 0.219 e. The summed E-state index contributed by atoms with van der Waals surface area (Å²) >= 11 is 0. The predicted octanol–water partition coefficient (Wildman–Crippen LogP) is 2.37. The van der Waals surface area contributed by atoms with Crippen LogP contribution in [-0.4, -0.2) is 19.6 Å². The molecule has 106 valence electrons. The van der Waals surface area contributed by atoms with Gasteiger partial charge in [0.15, 0.2) is 0 Å². The van der Waals surface area contributed by atoms with E-state index < -0.39 is 0 Å². The maximum absolute atomic E-state index is 11.3. The van der Waals surface area contributed by atoms with Crippen molar-refractivity contribution in [2.75, 3.05) is 13.7 Å². The number of nitrogens with one attached hydrogen (secondary N) is 1. The Kier molecular flexibility index (Phi) is 4.58. The average molecular weight is 272 g/mol. The van der Waals surface area contributed by atoms with Gasteiger partial charge in [-0.25, -0.2) is 0 Å². The molecule has 2 aromatic rings. The predicted molar refractivity (Wildman–Crippen MR) is 80.7 cm³/mol. The first-order valence-corrected chi connectivity index (χ1v) is 6.74. The minimum atomic E-state index is -0.328. The number of fused-ring (bicyclic) bond motifs is 1. The topological polar surface area (TPSA) is 64.3 Å². The van der Waals surface area contributed by atoms with Gasteiger partial charge in [0.25, 0.3) is 0 Å². The van der Waals surface area contributed by atoms with Crippen LogP contribution < -0.4 is 15.8 Å². The van der Waals surface area contributed by atoms with Crippen molar-refractivity contribution in [3.63, 3.8) is 0 Å². The van der Waals surface area contributed by atoms with Crippen LogP contribution in [0.3, 0.4) is 0 Å². The zero-order chi connectivity index (χ0) is 14.5. The van der Waals surface area contributed by atoms with Crippen molar-refractivity contribution >= 4 is 16.7 Å². The van der Waals surface area contributed by atoms with E-state index in [0.29, 0.717) is 0 Å². The molecule has 4 heteroatoms. The number of hydrogen-bond donors (Lipinski definition) is 2. The Morgan fingerprint density at radius 3 is 2.70 bits per heavy atom. The first kappa shape index (κ1) is 14.3. The molecule has 4 nitrogen and oxygen atoms in total. The van der Waals surface area contributed by atoms with E-state index in [2.05, 4.69) is 5.32 Å². The number of carbonyl (C=O) groups excluding carboxylic acids is 1. The van der Waals surface area contributed by atoms with E-state index in [4.69, 9.17) is 10.5 Å². The van der Waals surface area contributed by atoms with Crippen LogP contribution in [0.1, 0.15) is 24.9 Å². The second kappa shape index (κ2) is 6.39. The lowest BCUT2D eigenvalue weighted by atomic mass is 9.95. The number of nitrogens with two attached hydrogens (primary N) is 1. The van der Waals surface area contributed by atoms with Crippen molar-refractivity contribution in [3.8, 4) is 5.75 Å². The second-order valence-corrected chi connectivity index (χ2v) is 4.68. The van der Waals surface area contributed by atoms with E-state index in [1.54, 1.807) is 7.11 Å². The molecule has 0 spiro atoms. The summed E-state index contributed by atoms with van der Waals surface area (Å²) in [5.74, 6) is 0.446. The molecule has 0 bridgehead atoms. The normalized spacial score (nSPS) is 12.3. The van der Waals surface area contributed by atoms with Crippen molar-refractivity contribution in [1.29, 1.82) is 0 Å². The number of carbonyl (C=O) groups is 1. The quantitative estimate of drug-likeness (QED) is 0.848. The Hall–Kier alpha value is -2.07. The van der Waals surface area contributed by atoms with Crippen molar-refractivity contribution in [2.24, 2.45) is 5.73 Å². The highest BCUT2D eigenvalue weighted by Crippen LogP contribution is 2.34. The molecule has 0 aromatic heterocycles. The zero-order valence-corrected chi connectivity index (χ0v) is 11.8.